The van der Waals surface area contributed by atoms with Crippen LogP contribution in [0.3, 0.4) is 0 Å². The Kier molecular flexibility index (Phi) is 13.9. The van der Waals surface area contributed by atoms with Gasteiger partial charge in [-0.15, -0.1) is 0 Å². The van der Waals surface area contributed by atoms with Crippen molar-refractivity contribution in [3.05, 3.63) is 35.9 Å². The Morgan fingerprint density at radius 2 is 1.62 bits per heavy atom. The highest BCUT2D eigenvalue weighted by atomic mass is 16.2. The van der Waals surface area contributed by atoms with Crippen LogP contribution < -0.4 is 21.3 Å². The summed E-state index contributed by atoms with van der Waals surface area (Å²) in [4.78, 5) is 105. The molecule has 4 N–H and O–H groups in total. The van der Waals surface area contributed by atoms with Crippen molar-refractivity contribution in [3.8, 4) is 0 Å². The zero-order chi connectivity index (χ0) is 38.1. The van der Waals surface area contributed by atoms with Gasteiger partial charge >= 0.3 is 0 Å². The first-order valence-electron chi connectivity index (χ1n) is 19.5. The van der Waals surface area contributed by atoms with E-state index >= 15 is 0 Å². The van der Waals surface area contributed by atoms with Crippen molar-refractivity contribution in [2.45, 2.75) is 141 Å². The quantitative estimate of drug-likeness (QED) is 0.137. The first kappa shape index (κ1) is 39.7. The van der Waals surface area contributed by atoms with Crippen LogP contribution in [0.5, 0.6) is 0 Å². The molecule has 14 heteroatoms. The van der Waals surface area contributed by atoms with Crippen molar-refractivity contribution < 1.29 is 33.6 Å². The molecule has 4 fully saturated rings. The van der Waals surface area contributed by atoms with Crippen molar-refractivity contribution in [2.75, 3.05) is 6.54 Å². The van der Waals surface area contributed by atoms with E-state index in [0.29, 0.717) is 25.8 Å². The van der Waals surface area contributed by atoms with Gasteiger partial charge in [0.05, 0.1) is 12.2 Å². The van der Waals surface area contributed by atoms with Crippen molar-refractivity contribution in [1.29, 1.82) is 0 Å². The van der Waals surface area contributed by atoms with Crippen molar-refractivity contribution in [1.82, 2.24) is 36.1 Å². The smallest absolute Gasteiger partial charge is 0.289 e. The van der Waals surface area contributed by atoms with E-state index < -0.39 is 59.5 Å². The predicted molar refractivity (Wildman–Crippen MR) is 195 cm³/mol. The third-order valence-electron chi connectivity index (χ3n) is 11.0. The Labute approximate surface area is 311 Å². The van der Waals surface area contributed by atoms with Crippen LogP contribution in [0, 0.1) is 17.8 Å². The molecule has 0 radical (unpaired) electrons. The summed E-state index contributed by atoms with van der Waals surface area (Å²) < 4.78 is 0. The van der Waals surface area contributed by atoms with Crippen LogP contribution in [0.4, 0.5) is 0 Å². The number of aromatic nitrogens is 2. The normalized spacial score (nSPS) is 22.8. The zero-order valence-corrected chi connectivity index (χ0v) is 31.2. The van der Waals surface area contributed by atoms with Gasteiger partial charge in [0.1, 0.15) is 23.8 Å². The number of hydrogen-bond donors (Lipinski definition) is 4. The molecule has 2 heterocycles. The second-order valence-corrected chi connectivity index (χ2v) is 15.5. The molecule has 1 aromatic rings. The standard InChI is InChI=1S/C39H55N7O7/c1-4-9-29(34(48)38(52)42-26-14-15-26)43-37(51)33-28-13-8-12-25(28)22-46(33)39(53)30(17-16-27(47)20-23(2)3)44-36(50)32(24-10-6-5-7-11-24)45-35(49)31-21-40-18-19-41-31/h18-21,24-26,28-30,32-33H,4-17,22H2,1-3H3,(H,42,52)(H,43,51)(H,44,50)(H,45,49)/t25-,28-,29-,30-,32-,33-/m0/s1. The van der Waals surface area contributed by atoms with Crippen LogP contribution in [0.15, 0.2) is 30.2 Å². The van der Waals surface area contributed by atoms with Gasteiger partial charge in [-0.25, -0.2) is 4.98 Å². The first-order valence-corrected chi connectivity index (χ1v) is 19.5. The molecule has 53 heavy (non-hydrogen) atoms. The van der Waals surface area contributed by atoms with E-state index in [1.54, 1.807) is 13.8 Å². The molecule has 6 atom stereocenters. The van der Waals surface area contributed by atoms with Gasteiger partial charge in [-0.3, -0.25) is 38.5 Å². The van der Waals surface area contributed by atoms with Gasteiger partial charge in [0.2, 0.25) is 23.5 Å². The van der Waals surface area contributed by atoms with E-state index in [1.165, 1.54) is 29.6 Å². The summed E-state index contributed by atoms with van der Waals surface area (Å²) >= 11 is 0. The lowest BCUT2D eigenvalue weighted by molar-refractivity contribution is -0.144. The maximum atomic E-state index is 14.7. The molecule has 3 aliphatic carbocycles. The number of likely N-dealkylation sites (tertiary alicyclic amines) is 1. The van der Waals surface area contributed by atoms with Gasteiger partial charge in [-0.2, -0.15) is 0 Å². The summed E-state index contributed by atoms with van der Waals surface area (Å²) in [5.74, 6) is -3.99. The molecule has 1 aromatic heterocycles. The van der Waals surface area contributed by atoms with E-state index in [2.05, 4.69) is 31.2 Å². The second-order valence-electron chi connectivity index (χ2n) is 15.5. The monoisotopic (exact) mass is 733 g/mol. The largest absolute Gasteiger partial charge is 0.347 e. The number of rotatable bonds is 17. The maximum Gasteiger partial charge on any atom is 0.289 e. The topological polar surface area (TPSA) is 197 Å². The minimum Gasteiger partial charge on any atom is -0.347 e. The lowest BCUT2D eigenvalue weighted by Crippen LogP contribution is -2.59. The van der Waals surface area contributed by atoms with E-state index in [-0.39, 0.29) is 54.5 Å². The highest BCUT2D eigenvalue weighted by Crippen LogP contribution is 2.42. The minimum atomic E-state index is -1.16. The van der Waals surface area contributed by atoms with E-state index in [4.69, 9.17) is 0 Å². The maximum absolute atomic E-state index is 14.7. The number of ketones is 2. The number of carbonyl (C=O) groups excluding carboxylic acids is 7. The van der Waals surface area contributed by atoms with Gasteiger partial charge in [-0.1, -0.05) is 44.6 Å². The molecule has 288 valence electrons. The first-order chi connectivity index (χ1) is 25.5. The minimum absolute atomic E-state index is 0.0128. The zero-order valence-electron chi connectivity index (χ0n) is 31.2. The van der Waals surface area contributed by atoms with Crippen LogP contribution in [0.1, 0.15) is 121 Å². The molecular weight excluding hydrogens is 678 g/mol. The van der Waals surface area contributed by atoms with Crippen LogP contribution in [0.25, 0.3) is 0 Å². The third kappa shape index (κ3) is 10.6. The Bertz CT molecular complexity index is 1550. The van der Waals surface area contributed by atoms with Gasteiger partial charge in [0, 0.05) is 31.4 Å². The summed E-state index contributed by atoms with van der Waals surface area (Å²) in [6, 6.07) is -4.08. The number of allylic oxidation sites excluding steroid dienone is 2. The molecule has 14 nitrogen and oxygen atoms in total. The number of nitrogens with zero attached hydrogens (tertiary/aromatic N) is 3. The number of fused-ring (bicyclic) bond motifs is 1. The Morgan fingerprint density at radius 3 is 2.28 bits per heavy atom. The number of nitrogens with one attached hydrogen (secondary N) is 4. The summed E-state index contributed by atoms with van der Waals surface area (Å²) in [6.07, 6.45) is 14.8. The molecule has 1 aliphatic heterocycles. The number of Topliss-reactive ketones (excluding diaryl/α,β-unsaturated/α-hetero) is 1. The van der Waals surface area contributed by atoms with Gasteiger partial charge in [0.15, 0.2) is 5.78 Å². The van der Waals surface area contributed by atoms with Crippen LogP contribution in [-0.4, -0.2) is 92.7 Å². The van der Waals surface area contributed by atoms with Crippen molar-refractivity contribution in [3.63, 3.8) is 0 Å². The lowest BCUT2D eigenvalue weighted by Gasteiger charge is -2.34. The molecule has 1 saturated heterocycles. The fourth-order valence-electron chi connectivity index (χ4n) is 8.22. The summed E-state index contributed by atoms with van der Waals surface area (Å²) in [5, 5.41) is 11.3. The number of amides is 5. The summed E-state index contributed by atoms with van der Waals surface area (Å²) in [7, 11) is 0. The summed E-state index contributed by atoms with van der Waals surface area (Å²) in [5.41, 5.74) is 0.862. The molecule has 3 saturated carbocycles. The van der Waals surface area contributed by atoms with E-state index in [1.807, 2.05) is 6.92 Å². The lowest BCUT2D eigenvalue weighted by atomic mass is 9.83. The number of carbonyl (C=O) groups is 7. The molecule has 4 aliphatic rings. The Morgan fingerprint density at radius 1 is 0.868 bits per heavy atom. The highest BCUT2D eigenvalue weighted by Gasteiger charge is 2.51. The van der Waals surface area contributed by atoms with Crippen LogP contribution >= 0.6 is 0 Å². The molecule has 5 rings (SSSR count). The predicted octanol–water partition coefficient (Wildman–Crippen LogP) is 2.72. The molecule has 0 aromatic carbocycles. The van der Waals surface area contributed by atoms with E-state index in [0.717, 1.165) is 56.9 Å². The molecular formula is C39H55N7O7. The van der Waals surface area contributed by atoms with Gasteiger partial charge < -0.3 is 26.2 Å². The van der Waals surface area contributed by atoms with Gasteiger partial charge in [0.25, 0.3) is 11.8 Å². The average Bonchev–Trinajstić information content (AvgIpc) is 3.71. The fraction of sp³-hybridized carbons (Fsp3) is 0.667. The van der Waals surface area contributed by atoms with Crippen molar-refractivity contribution in [2.24, 2.45) is 17.8 Å². The SMILES string of the molecule is CCC[C@H](NC(=O)[C@@H]1[C@H]2CCC[C@H]2CN1C(=O)[C@H](CCC(=O)C=C(C)C)NC(=O)[C@@H](NC(=O)c1cnccn1)C1CCCCC1)C(=O)C(=O)NC1CC1. The fourth-order valence-corrected chi connectivity index (χ4v) is 8.22. The molecule has 0 spiro atoms. The molecule has 0 bridgehead atoms. The highest BCUT2D eigenvalue weighted by molar-refractivity contribution is 6.38. The average molecular weight is 734 g/mol. The second kappa shape index (κ2) is 18.5. The third-order valence-corrected chi connectivity index (χ3v) is 11.0. The van der Waals surface area contributed by atoms with Crippen LogP contribution in [-0.2, 0) is 28.8 Å². The molecule has 0 unspecified atom stereocenters. The van der Waals surface area contributed by atoms with Crippen molar-refractivity contribution >= 4 is 41.1 Å². The van der Waals surface area contributed by atoms with Crippen LogP contribution in [0.2, 0.25) is 0 Å². The Hall–Kier alpha value is -4.49. The number of hydrogen-bond acceptors (Lipinski definition) is 9. The van der Waals surface area contributed by atoms with Gasteiger partial charge in [-0.05, 0) is 89.0 Å². The molecule has 5 amide bonds. The Balaban J connectivity index is 1.39. The van der Waals surface area contributed by atoms with E-state index in [9.17, 15) is 33.6 Å². The summed E-state index contributed by atoms with van der Waals surface area (Å²) in [6.45, 7) is 5.76.